The Morgan fingerprint density at radius 2 is 1.91 bits per heavy atom. The fourth-order valence-electron chi connectivity index (χ4n) is 4.37. The number of rotatable bonds is 5. The SMILES string of the molecule is CCC(=Cc1oc2ccc3ccccc3c2[n+]1CC)C=C1Sc2ccc(Cl)cc2N1CC.I. The lowest BCUT2D eigenvalue weighted by Crippen LogP contribution is -2.34. The molecular weight excluding hydrogens is 563 g/mol. The molecule has 33 heavy (non-hydrogen) atoms. The van der Waals surface area contributed by atoms with Crippen LogP contribution in [0, 0.1) is 0 Å². The highest BCUT2D eigenvalue weighted by Crippen LogP contribution is 2.47. The molecule has 1 aliphatic heterocycles. The molecule has 2 heterocycles. The minimum Gasteiger partial charge on any atom is -0.398 e. The third-order valence-electron chi connectivity index (χ3n) is 5.96. The molecule has 0 saturated heterocycles. The average molecular weight is 590 g/mol. The van der Waals surface area contributed by atoms with Gasteiger partial charge in [0.25, 0.3) is 5.52 Å². The van der Waals surface area contributed by atoms with Crippen molar-refractivity contribution >= 4 is 81.0 Å². The van der Waals surface area contributed by atoms with Gasteiger partial charge in [-0.15, -0.1) is 24.0 Å². The number of benzene rings is 3. The molecule has 4 aromatic rings. The summed E-state index contributed by atoms with van der Waals surface area (Å²) in [5.41, 5.74) is 4.50. The summed E-state index contributed by atoms with van der Waals surface area (Å²) in [6.45, 7) is 8.28. The molecule has 0 bridgehead atoms. The van der Waals surface area contributed by atoms with Crippen LogP contribution in [-0.2, 0) is 6.54 Å². The molecule has 0 fully saturated rings. The fourth-order valence-corrected chi connectivity index (χ4v) is 5.72. The third-order valence-corrected chi connectivity index (χ3v) is 7.31. The van der Waals surface area contributed by atoms with Crippen LogP contribution in [0.15, 0.2) is 80.6 Å². The Balaban J connectivity index is 0.00000259. The van der Waals surface area contributed by atoms with Gasteiger partial charge in [-0.1, -0.05) is 54.6 Å². The first-order valence-electron chi connectivity index (χ1n) is 11.1. The first-order valence-corrected chi connectivity index (χ1v) is 12.3. The predicted octanol–water partition coefficient (Wildman–Crippen LogP) is 8.43. The van der Waals surface area contributed by atoms with Gasteiger partial charge in [0.2, 0.25) is 5.58 Å². The van der Waals surface area contributed by atoms with Crippen molar-refractivity contribution in [3.63, 3.8) is 0 Å². The van der Waals surface area contributed by atoms with E-state index < -0.39 is 0 Å². The Kier molecular flexibility index (Phi) is 7.41. The maximum absolute atomic E-state index is 6.35. The Morgan fingerprint density at radius 3 is 2.67 bits per heavy atom. The van der Waals surface area contributed by atoms with Crippen LogP contribution in [0.2, 0.25) is 5.02 Å². The van der Waals surface area contributed by atoms with E-state index in [1.165, 1.54) is 32.0 Å². The predicted molar refractivity (Wildman–Crippen MR) is 152 cm³/mol. The number of hydrogen-bond acceptors (Lipinski definition) is 3. The van der Waals surface area contributed by atoms with Crippen LogP contribution < -0.4 is 9.47 Å². The van der Waals surface area contributed by atoms with Crippen molar-refractivity contribution in [2.24, 2.45) is 0 Å². The second-order valence-corrected chi connectivity index (χ2v) is 9.33. The van der Waals surface area contributed by atoms with E-state index in [2.05, 4.69) is 90.9 Å². The summed E-state index contributed by atoms with van der Waals surface area (Å²) < 4.78 is 8.62. The maximum Gasteiger partial charge on any atom is 0.374 e. The van der Waals surface area contributed by atoms with Gasteiger partial charge in [-0.3, -0.25) is 0 Å². The molecule has 1 aromatic heterocycles. The van der Waals surface area contributed by atoms with Crippen molar-refractivity contribution in [2.45, 2.75) is 38.6 Å². The van der Waals surface area contributed by atoms with Crippen molar-refractivity contribution in [3.05, 3.63) is 82.2 Å². The quantitative estimate of drug-likeness (QED) is 0.172. The van der Waals surface area contributed by atoms with E-state index in [9.17, 15) is 0 Å². The molecule has 3 nitrogen and oxygen atoms in total. The summed E-state index contributed by atoms with van der Waals surface area (Å²) in [7, 11) is 0. The smallest absolute Gasteiger partial charge is 0.374 e. The second-order valence-electron chi connectivity index (χ2n) is 7.83. The van der Waals surface area contributed by atoms with Crippen LogP contribution in [0.1, 0.15) is 33.1 Å². The molecule has 170 valence electrons. The number of fused-ring (bicyclic) bond motifs is 4. The zero-order valence-electron chi connectivity index (χ0n) is 19.0. The average Bonchev–Trinajstić information content (AvgIpc) is 3.34. The molecule has 0 atom stereocenters. The minimum atomic E-state index is 0. The number of halogens is 2. The Hall–Kier alpha value is -1.96. The lowest BCUT2D eigenvalue weighted by molar-refractivity contribution is -0.673. The van der Waals surface area contributed by atoms with E-state index in [0.29, 0.717) is 0 Å². The molecular formula is C27H27ClIN2OS+. The number of thioether (sulfide) groups is 1. The van der Waals surface area contributed by atoms with Crippen LogP contribution in [0.25, 0.3) is 27.9 Å². The highest BCUT2D eigenvalue weighted by atomic mass is 127. The molecule has 0 spiro atoms. The zero-order chi connectivity index (χ0) is 22.2. The van der Waals surface area contributed by atoms with Crippen molar-refractivity contribution in [1.82, 2.24) is 0 Å². The lowest BCUT2D eigenvalue weighted by atomic mass is 10.1. The topological polar surface area (TPSA) is 20.3 Å². The van der Waals surface area contributed by atoms with Crippen LogP contribution in [0.4, 0.5) is 5.69 Å². The summed E-state index contributed by atoms with van der Waals surface area (Å²) in [6.07, 6.45) is 5.39. The normalized spacial score (nSPS) is 14.8. The molecule has 0 saturated carbocycles. The summed E-state index contributed by atoms with van der Waals surface area (Å²) in [5.74, 6) is 0.888. The van der Waals surface area contributed by atoms with Crippen LogP contribution in [0.3, 0.4) is 0 Å². The van der Waals surface area contributed by atoms with Crippen LogP contribution in [-0.4, -0.2) is 6.54 Å². The molecule has 3 aromatic carbocycles. The lowest BCUT2D eigenvalue weighted by Gasteiger charge is -2.18. The molecule has 0 amide bonds. The van der Waals surface area contributed by atoms with Gasteiger partial charge in [0.15, 0.2) is 0 Å². The van der Waals surface area contributed by atoms with Gasteiger partial charge >= 0.3 is 5.89 Å². The zero-order valence-corrected chi connectivity index (χ0v) is 22.9. The molecule has 5 rings (SSSR count). The molecule has 1 aliphatic rings. The first-order chi connectivity index (χ1) is 15.6. The first kappa shape index (κ1) is 24.2. The van der Waals surface area contributed by atoms with E-state index in [1.54, 1.807) is 11.8 Å². The molecule has 0 unspecified atom stereocenters. The van der Waals surface area contributed by atoms with Crippen molar-refractivity contribution in [2.75, 3.05) is 11.4 Å². The Bertz CT molecular complexity index is 1390. The summed E-state index contributed by atoms with van der Waals surface area (Å²) in [4.78, 5) is 3.58. The van der Waals surface area contributed by atoms with Gasteiger partial charge < -0.3 is 9.32 Å². The van der Waals surface area contributed by atoms with E-state index in [0.717, 1.165) is 41.5 Å². The highest BCUT2D eigenvalue weighted by Gasteiger charge is 2.25. The van der Waals surface area contributed by atoms with Crippen LogP contribution in [0.5, 0.6) is 0 Å². The molecule has 0 N–H and O–H groups in total. The number of aryl methyl sites for hydroxylation is 1. The van der Waals surface area contributed by atoms with Gasteiger partial charge in [0, 0.05) is 16.5 Å². The van der Waals surface area contributed by atoms with E-state index in [-0.39, 0.29) is 24.0 Å². The monoisotopic (exact) mass is 589 g/mol. The van der Waals surface area contributed by atoms with Gasteiger partial charge in [-0.2, -0.15) is 4.57 Å². The number of nitrogens with zero attached hydrogens (tertiary/aromatic N) is 2. The Labute approximate surface area is 221 Å². The number of allylic oxidation sites excluding steroid dienone is 2. The van der Waals surface area contributed by atoms with E-state index >= 15 is 0 Å². The highest BCUT2D eigenvalue weighted by molar-refractivity contribution is 14.0. The number of oxazole rings is 1. The standard InChI is InChI=1S/C27H26ClN2OS.HI/c1-4-18(16-26-29(5-2)22-17-20(28)12-14-24(22)32-26)15-25-30(6-3)27-21-10-8-7-9-19(21)11-13-23(27)31-25;/h7-17H,4-6H2,1-3H3;1H/q+1;. The molecule has 6 heteroatoms. The molecule has 0 aliphatic carbocycles. The number of anilines is 1. The van der Waals surface area contributed by atoms with Crippen LogP contribution >= 0.6 is 47.3 Å². The molecule has 0 radical (unpaired) electrons. The number of aromatic nitrogens is 1. The van der Waals surface area contributed by atoms with Crippen molar-refractivity contribution in [1.29, 1.82) is 0 Å². The largest absolute Gasteiger partial charge is 0.398 e. The second kappa shape index (κ2) is 10.1. The van der Waals surface area contributed by atoms with Crippen molar-refractivity contribution < 1.29 is 8.98 Å². The van der Waals surface area contributed by atoms with Gasteiger partial charge in [-0.25, -0.2) is 0 Å². The van der Waals surface area contributed by atoms with E-state index in [1.807, 2.05) is 6.07 Å². The third kappa shape index (κ3) is 4.43. The summed E-state index contributed by atoms with van der Waals surface area (Å²) in [6, 6.07) is 18.8. The van der Waals surface area contributed by atoms with Gasteiger partial charge in [0.05, 0.1) is 22.2 Å². The van der Waals surface area contributed by atoms with Gasteiger partial charge in [0.1, 0.15) is 6.54 Å². The Morgan fingerprint density at radius 1 is 1.09 bits per heavy atom. The fraction of sp³-hybridized carbons (Fsp3) is 0.222. The maximum atomic E-state index is 6.35. The summed E-state index contributed by atoms with van der Waals surface area (Å²) >= 11 is 8.06. The minimum absolute atomic E-state index is 0. The van der Waals surface area contributed by atoms with Gasteiger partial charge in [-0.05, 0) is 67.6 Å². The number of hydrogen-bond donors (Lipinski definition) is 0. The van der Waals surface area contributed by atoms with Crippen molar-refractivity contribution in [3.8, 4) is 0 Å². The summed E-state index contributed by atoms with van der Waals surface area (Å²) in [5, 5.41) is 4.45. The van der Waals surface area contributed by atoms with E-state index in [4.69, 9.17) is 16.0 Å².